The van der Waals surface area contributed by atoms with Crippen molar-refractivity contribution in [1.29, 1.82) is 0 Å². The summed E-state index contributed by atoms with van der Waals surface area (Å²) in [5.41, 5.74) is 2.03. The van der Waals surface area contributed by atoms with E-state index in [0.717, 1.165) is 31.6 Å². The van der Waals surface area contributed by atoms with Crippen LogP contribution in [0.15, 0.2) is 24.3 Å². The molecule has 0 saturated heterocycles. The molecule has 112 valence electrons. The predicted octanol–water partition coefficient (Wildman–Crippen LogP) is 3.62. The highest BCUT2D eigenvalue weighted by molar-refractivity contribution is 5.89. The summed E-state index contributed by atoms with van der Waals surface area (Å²) in [5, 5.41) is 6.32. The van der Waals surface area contributed by atoms with E-state index in [4.69, 9.17) is 0 Å². The Hall–Kier alpha value is -1.55. The lowest BCUT2D eigenvalue weighted by Crippen LogP contribution is -2.32. The summed E-state index contributed by atoms with van der Waals surface area (Å²) < 4.78 is 0. The van der Waals surface area contributed by atoms with Gasteiger partial charge in [-0.25, -0.2) is 4.79 Å². The van der Waals surface area contributed by atoms with Crippen molar-refractivity contribution in [2.24, 2.45) is 0 Å². The van der Waals surface area contributed by atoms with Crippen LogP contribution in [0.25, 0.3) is 0 Å². The van der Waals surface area contributed by atoms with Crippen LogP contribution in [-0.4, -0.2) is 31.1 Å². The first-order valence-electron chi connectivity index (χ1n) is 7.44. The third-order valence-corrected chi connectivity index (χ3v) is 3.34. The van der Waals surface area contributed by atoms with Crippen LogP contribution in [0.3, 0.4) is 0 Å². The second kappa shape index (κ2) is 8.59. The van der Waals surface area contributed by atoms with Gasteiger partial charge in [-0.2, -0.15) is 0 Å². The van der Waals surface area contributed by atoms with Gasteiger partial charge in [0.15, 0.2) is 0 Å². The van der Waals surface area contributed by atoms with Gasteiger partial charge in [0.05, 0.1) is 0 Å². The molecule has 20 heavy (non-hydrogen) atoms. The molecule has 0 aliphatic heterocycles. The lowest BCUT2D eigenvalue weighted by Gasteiger charge is -2.19. The van der Waals surface area contributed by atoms with Gasteiger partial charge >= 0.3 is 6.03 Å². The molecular formula is C16H27N3O. The SMILES string of the molecule is CCCCN(C)C(=O)Nc1cccc(C(C)NCC)c1. The fraction of sp³-hybridized carbons (Fsp3) is 0.562. The molecule has 0 aromatic heterocycles. The smallest absolute Gasteiger partial charge is 0.321 e. The highest BCUT2D eigenvalue weighted by Gasteiger charge is 2.09. The first-order valence-corrected chi connectivity index (χ1v) is 7.44. The lowest BCUT2D eigenvalue weighted by atomic mass is 10.1. The zero-order chi connectivity index (χ0) is 15.0. The number of urea groups is 1. The maximum Gasteiger partial charge on any atom is 0.321 e. The number of nitrogens with one attached hydrogen (secondary N) is 2. The van der Waals surface area contributed by atoms with E-state index in [-0.39, 0.29) is 12.1 Å². The number of hydrogen-bond donors (Lipinski definition) is 2. The number of benzene rings is 1. The molecule has 1 rings (SSSR count). The van der Waals surface area contributed by atoms with Gasteiger partial charge in [0.2, 0.25) is 0 Å². The fourth-order valence-electron chi connectivity index (χ4n) is 2.03. The molecule has 1 unspecified atom stereocenters. The van der Waals surface area contributed by atoms with E-state index in [2.05, 4.69) is 37.5 Å². The van der Waals surface area contributed by atoms with Gasteiger partial charge in [-0.1, -0.05) is 32.4 Å². The van der Waals surface area contributed by atoms with Gasteiger partial charge < -0.3 is 15.5 Å². The number of carbonyl (C=O) groups is 1. The summed E-state index contributed by atoms with van der Waals surface area (Å²) in [6, 6.07) is 8.24. The van der Waals surface area contributed by atoms with Gasteiger partial charge in [-0.15, -0.1) is 0 Å². The van der Waals surface area contributed by atoms with Gasteiger partial charge in [0.25, 0.3) is 0 Å². The number of hydrogen-bond acceptors (Lipinski definition) is 2. The van der Waals surface area contributed by atoms with Crippen molar-refractivity contribution < 1.29 is 4.79 Å². The summed E-state index contributed by atoms with van der Waals surface area (Å²) in [6.07, 6.45) is 2.12. The molecule has 0 spiro atoms. The summed E-state index contributed by atoms with van der Waals surface area (Å²) in [7, 11) is 1.83. The zero-order valence-corrected chi connectivity index (χ0v) is 13.1. The quantitative estimate of drug-likeness (QED) is 0.799. The largest absolute Gasteiger partial charge is 0.328 e. The summed E-state index contributed by atoms with van der Waals surface area (Å²) >= 11 is 0. The van der Waals surface area contributed by atoms with Crippen LogP contribution in [0.1, 0.15) is 45.2 Å². The van der Waals surface area contributed by atoms with Crippen molar-refractivity contribution in [3.8, 4) is 0 Å². The van der Waals surface area contributed by atoms with Gasteiger partial charge in [-0.3, -0.25) is 0 Å². The third-order valence-electron chi connectivity index (χ3n) is 3.34. The maximum absolute atomic E-state index is 12.0. The van der Waals surface area contributed by atoms with Crippen molar-refractivity contribution in [2.75, 3.05) is 25.5 Å². The van der Waals surface area contributed by atoms with Crippen LogP contribution < -0.4 is 10.6 Å². The predicted molar refractivity (Wildman–Crippen MR) is 85.1 cm³/mol. The van der Waals surface area contributed by atoms with E-state index < -0.39 is 0 Å². The van der Waals surface area contributed by atoms with E-state index in [0.29, 0.717) is 0 Å². The number of anilines is 1. The lowest BCUT2D eigenvalue weighted by molar-refractivity contribution is 0.222. The molecule has 4 nitrogen and oxygen atoms in total. The van der Waals surface area contributed by atoms with E-state index in [1.807, 2.05) is 25.2 Å². The van der Waals surface area contributed by atoms with Gasteiger partial charge in [0.1, 0.15) is 0 Å². The number of amides is 2. The molecule has 0 aliphatic carbocycles. The maximum atomic E-state index is 12.0. The molecule has 1 aromatic carbocycles. The Bertz CT molecular complexity index is 420. The Kier molecular flexibility index (Phi) is 7.09. The molecule has 0 aliphatic rings. The third kappa shape index (κ3) is 5.21. The van der Waals surface area contributed by atoms with Gasteiger partial charge in [0, 0.05) is 25.3 Å². The minimum atomic E-state index is -0.0493. The number of carbonyl (C=O) groups excluding carboxylic acids is 1. The number of unbranched alkanes of at least 4 members (excludes halogenated alkanes) is 1. The number of rotatable bonds is 7. The normalized spacial score (nSPS) is 12.0. The average molecular weight is 277 g/mol. The number of nitrogens with zero attached hydrogens (tertiary/aromatic N) is 1. The second-order valence-corrected chi connectivity index (χ2v) is 5.11. The minimum absolute atomic E-state index is 0.0493. The molecule has 0 fully saturated rings. The Labute approximate surface area is 122 Å². The minimum Gasteiger partial charge on any atom is -0.328 e. The van der Waals surface area contributed by atoms with Crippen LogP contribution in [-0.2, 0) is 0 Å². The average Bonchev–Trinajstić information content (AvgIpc) is 2.45. The van der Waals surface area contributed by atoms with E-state index in [1.54, 1.807) is 4.90 Å². The highest BCUT2D eigenvalue weighted by Crippen LogP contribution is 2.17. The summed E-state index contributed by atoms with van der Waals surface area (Å²) in [5.74, 6) is 0. The molecule has 1 aromatic rings. The molecular weight excluding hydrogens is 250 g/mol. The van der Waals surface area contributed by atoms with Crippen molar-refractivity contribution in [1.82, 2.24) is 10.2 Å². The van der Waals surface area contributed by atoms with Crippen LogP contribution in [0.5, 0.6) is 0 Å². The molecule has 0 heterocycles. The van der Waals surface area contributed by atoms with Crippen molar-refractivity contribution in [2.45, 2.75) is 39.7 Å². The first-order chi connectivity index (χ1) is 9.58. The molecule has 0 bridgehead atoms. The Morgan fingerprint density at radius 3 is 2.75 bits per heavy atom. The molecule has 2 N–H and O–H groups in total. The van der Waals surface area contributed by atoms with Crippen LogP contribution in [0, 0.1) is 0 Å². The van der Waals surface area contributed by atoms with Crippen LogP contribution in [0.2, 0.25) is 0 Å². The van der Waals surface area contributed by atoms with Gasteiger partial charge in [-0.05, 0) is 37.6 Å². The van der Waals surface area contributed by atoms with Crippen molar-refractivity contribution >= 4 is 11.7 Å². The standard InChI is InChI=1S/C16H27N3O/c1-5-7-11-19(4)16(20)18-15-10-8-9-14(12-15)13(3)17-6-2/h8-10,12-13,17H,5-7,11H2,1-4H3,(H,18,20). The second-order valence-electron chi connectivity index (χ2n) is 5.11. The topological polar surface area (TPSA) is 44.4 Å². The molecule has 0 saturated carbocycles. The first kappa shape index (κ1) is 16.5. The molecule has 1 atom stereocenters. The summed E-state index contributed by atoms with van der Waals surface area (Å²) in [6.45, 7) is 8.05. The van der Waals surface area contributed by atoms with Crippen molar-refractivity contribution in [3.63, 3.8) is 0 Å². The molecule has 4 heteroatoms. The highest BCUT2D eigenvalue weighted by atomic mass is 16.2. The van der Waals surface area contributed by atoms with Crippen molar-refractivity contribution in [3.05, 3.63) is 29.8 Å². The zero-order valence-electron chi connectivity index (χ0n) is 13.1. The van der Waals surface area contributed by atoms with E-state index in [1.165, 1.54) is 5.56 Å². The fourth-order valence-corrected chi connectivity index (χ4v) is 2.03. The Balaban J connectivity index is 2.63. The van der Waals surface area contributed by atoms with Crippen LogP contribution in [0.4, 0.5) is 10.5 Å². The monoisotopic (exact) mass is 277 g/mol. The molecule has 0 radical (unpaired) electrons. The van der Waals surface area contributed by atoms with E-state index >= 15 is 0 Å². The van der Waals surface area contributed by atoms with E-state index in [9.17, 15) is 4.79 Å². The Morgan fingerprint density at radius 1 is 1.35 bits per heavy atom. The Morgan fingerprint density at radius 2 is 2.10 bits per heavy atom. The molecule has 2 amide bonds. The van der Waals surface area contributed by atoms with Crippen LogP contribution >= 0.6 is 0 Å². The summed E-state index contributed by atoms with van der Waals surface area (Å²) in [4.78, 5) is 13.8.